The summed E-state index contributed by atoms with van der Waals surface area (Å²) in [6.45, 7) is 11.9. The molecule has 0 saturated carbocycles. The molecule has 0 aliphatic heterocycles. The second-order valence-electron chi connectivity index (χ2n) is 11.2. The summed E-state index contributed by atoms with van der Waals surface area (Å²) in [5.74, 6) is 1.71. The highest BCUT2D eigenvalue weighted by molar-refractivity contribution is 7.88. The Hall–Kier alpha value is -3.16. The van der Waals surface area contributed by atoms with Gasteiger partial charge in [0, 0.05) is 37.2 Å². The number of benzene rings is 1. The molecule has 0 aliphatic carbocycles. The average Bonchev–Trinajstić information content (AvgIpc) is 3.20. The zero-order valence-corrected chi connectivity index (χ0v) is 25.9. The molecule has 228 valence electrons. The molecule has 0 unspecified atom stereocenters. The first-order valence-corrected chi connectivity index (χ1v) is 16.0. The Morgan fingerprint density at radius 3 is 2.56 bits per heavy atom. The monoisotopic (exact) mass is 591 g/mol. The highest BCUT2D eigenvalue weighted by Crippen LogP contribution is 2.32. The topological polar surface area (TPSA) is 162 Å². The van der Waals surface area contributed by atoms with Crippen LogP contribution in [0.2, 0.25) is 0 Å². The van der Waals surface area contributed by atoms with Crippen molar-refractivity contribution in [3.8, 4) is 5.75 Å². The molecule has 0 atom stereocenters. The number of aromatic nitrogens is 3. The molecule has 2 amide bonds. The number of amides is 2. The molecule has 1 aromatic carbocycles. The van der Waals surface area contributed by atoms with Crippen molar-refractivity contribution in [2.24, 2.45) is 0 Å². The van der Waals surface area contributed by atoms with Crippen molar-refractivity contribution < 1.29 is 22.7 Å². The summed E-state index contributed by atoms with van der Waals surface area (Å²) in [4.78, 5) is 21.9. The predicted molar refractivity (Wildman–Crippen MR) is 162 cm³/mol. The van der Waals surface area contributed by atoms with E-state index in [0.29, 0.717) is 61.3 Å². The van der Waals surface area contributed by atoms with Gasteiger partial charge in [0.1, 0.15) is 23.7 Å². The Kier molecular flexibility index (Phi) is 11.2. The number of imidazole rings is 1. The Morgan fingerprint density at radius 2 is 1.88 bits per heavy atom. The van der Waals surface area contributed by atoms with Crippen LogP contribution >= 0.6 is 0 Å². The van der Waals surface area contributed by atoms with E-state index < -0.39 is 15.6 Å². The largest absolute Gasteiger partial charge is 0.494 e. The van der Waals surface area contributed by atoms with Crippen LogP contribution in [0.5, 0.6) is 5.75 Å². The Morgan fingerprint density at radius 1 is 1.15 bits per heavy atom. The van der Waals surface area contributed by atoms with Crippen LogP contribution in [-0.4, -0.2) is 66.6 Å². The molecule has 0 spiro atoms. The fraction of sp³-hybridized carbons (Fsp3) is 0.607. The van der Waals surface area contributed by atoms with Crippen LogP contribution in [0, 0.1) is 0 Å². The number of unbranched alkanes of at least 4 members (excludes halogenated alkanes) is 3. The minimum absolute atomic E-state index is 0.0175. The van der Waals surface area contributed by atoms with Crippen molar-refractivity contribution in [2.45, 2.75) is 85.0 Å². The van der Waals surface area contributed by atoms with Gasteiger partial charge in [-0.2, -0.15) is 0 Å². The lowest BCUT2D eigenvalue weighted by molar-refractivity contribution is 0.124. The molecule has 12 nitrogen and oxygen atoms in total. The van der Waals surface area contributed by atoms with Crippen LogP contribution in [-0.2, 0) is 27.9 Å². The van der Waals surface area contributed by atoms with E-state index in [9.17, 15) is 13.2 Å². The Labute approximate surface area is 242 Å². The molecule has 0 radical (unpaired) electrons. The van der Waals surface area contributed by atoms with Gasteiger partial charge in [-0.05, 0) is 59.6 Å². The fourth-order valence-electron chi connectivity index (χ4n) is 4.57. The normalized spacial score (nSPS) is 12.4. The van der Waals surface area contributed by atoms with E-state index in [1.807, 2.05) is 52.8 Å². The van der Waals surface area contributed by atoms with Gasteiger partial charge in [0.05, 0.1) is 29.4 Å². The van der Waals surface area contributed by atoms with Gasteiger partial charge in [-0.1, -0.05) is 12.8 Å². The number of carbonyl (C=O) groups excluding carboxylic acids is 1. The number of pyridine rings is 1. The molecule has 0 aliphatic rings. The molecular weight excluding hydrogens is 546 g/mol. The number of hydrogen-bond donors (Lipinski definition) is 4. The number of urea groups is 1. The van der Waals surface area contributed by atoms with Gasteiger partial charge in [-0.25, -0.2) is 27.9 Å². The number of nitrogens with two attached hydrogens (primary N) is 1. The summed E-state index contributed by atoms with van der Waals surface area (Å²) in [5.41, 5.74) is 7.90. The molecule has 0 bridgehead atoms. The molecule has 0 fully saturated rings. The van der Waals surface area contributed by atoms with Crippen molar-refractivity contribution in [3.63, 3.8) is 0 Å². The fourth-order valence-corrected chi connectivity index (χ4v) is 5.09. The molecule has 0 saturated heterocycles. The summed E-state index contributed by atoms with van der Waals surface area (Å²) < 4.78 is 38.5. The number of ether oxygens (including phenoxy) is 2. The van der Waals surface area contributed by atoms with E-state index in [0.717, 1.165) is 36.6 Å². The van der Waals surface area contributed by atoms with Gasteiger partial charge in [0.25, 0.3) is 0 Å². The third-order valence-electron chi connectivity index (χ3n) is 6.32. The summed E-state index contributed by atoms with van der Waals surface area (Å²) in [6, 6.07) is 5.53. The highest BCUT2D eigenvalue weighted by Gasteiger charge is 2.26. The van der Waals surface area contributed by atoms with Gasteiger partial charge in [0.15, 0.2) is 5.82 Å². The van der Waals surface area contributed by atoms with E-state index >= 15 is 0 Å². The maximum absolute atomic E-state index is 12.5. The maximum atomic E-state index is 12.5. The van der Waals surface area contributed by atoms with E-state index in [4.69, 9.17) is 20.2 Å². The molecule has 2 heterocycles. The lowest BCUT2D eigenvalue weighted by Gasteiger charge is -2.28. The lowest BCUT2D eigenvalue weighted by atomic mass is 10.1. The second-order valence-corrected chi connectivity index (χ2v) is 13.0. The first kappa shape index (κ1) is 32.4. The van der Waals surface area contributed by atoms with Crippen LogP contribution in [0.25, 0.3) is 21.9 Å². The van der Waals surface area contributed by atoms with E-state index in [-0.39, 0.29) is 12.1 Å². The number of carbonyl (C=O) groups is 1. The maximum Gasteiger partial charge on any atom is 0.315 e. The Bertz CT molecular complexity index is 1440. The highest BCUT2D eigenvalue weighted by atomic mass is 32.2. The molecule has 5 N–H and O–H groups in total. The molecule has 13 heteroatoms. The van der Waals surface area contributed by atoms with Crippen molar-refractivity contribution in [2.75, 3.05) is 31.7 Å². The minimum Gasteiger partial charge on any atom is -0.494 e. The van der Waals surface area contributed by atoms with Gasteiger partial charge < -0.3 is 30.4 Å². The second kappa shape index (κ2) is 14.1. The number of rotatable bonds is 16. The number of nitrogens with zero attached hydrogens (tertiary/aromatic N) is 3. The zero-order valence-electron chi connectivity index (χ0n) is 25.0. The van der Waals surface area contributed by atoms with Crippen LogP contribution in [0.1, 0.15) is 66.1 Å². The molecule has 3 aromatic rings. The molecule has 2 aromatic heterocycles. The number of sulfonamides is 1. The smallest absolute Gasteiger partial charge is 0.315 e. The number of fused-ring (bicyclic) bond motifs is 3. The molecular formula is C28H45N7O5S. The van der Waals surface area contributed by atoms with E-state index in [2.05, 4.69) is 24.9 Å². The average molecular weight is 592 g/mol. The van der Waals surface area contributed by atoms with Crippen molar-refractivity contribution in [1.29, 1.82) is 0 Å². The predicted octanol–water partition coefficient (Wildman–Crippen LogP) is 3.68. The summed E-state index contributed by atoms with van der Waals surface area (Å²) in [7, 11) is -3.14. The Balaban J connectivity index is 1.80. The number of nitrogen functional groups attached to an aromatic ring is 1. The first-order valence-electron chi connectivity index (χ1n) is 14.1. The van der Waals surface area contributed by atoms with Crippen molar-refractivity contribution in [1.82, 2.24) is 29.9 Å². The molecule has 41 heavy (non-hydrogen) atoms. The van der Waals surface area contributed by atoms with Gasteiger partial charge >= 0.3 is 6.03 Å². The molecule has 3 rings (SSSR count). The summed E-state index contributed by atoms with van der Waals surface area (Å²) in [5, 5.41) is 6.81. The van der Waals surface area contributed by atoms with Gasteiger partial charge in [-0.15, -0.1) is 0 Å². The van der Waals surface area contributed by atoms with Crippen molar-refractivity contribution >= 4 is 43.8 Å². The number of anilines is 1. The van der Waals surface area contributed by atoms with E-state index in [1.54, 1.807) is 0 Å². The number of hydrogen-bond acceptors (Lipinski definition) is 8. The zero-order chi connectivity index (χ0) is 30.2. The third kappa shape index (κ3) is 9.72. The van der Waals surface area contributed by atoms with Crippen LogP contribution < -0.4 is 25.8 Å². The first-order chi connectivity index (χ1) is 19.3. The SMILES string of the molecule is CCOCc1nc2c(N)nc3cc(OCCCCCCNS(C)(=O)=O)ccc3c2n1CC(C)(C)NC(=O)NC(C)C. The summed E-state index contributed by atoms with van der Waals surface area (Å²) >= 11 is 0. The van der Waals surface area contributed by atoms with Gasteiger partial charge in [0.2, 0.25) is 10.0 Å². The third-order valence-corrected chi connectivity index (χ3v) is 7.05. The van der Waals surface area contributed by atoms with Crippen LogP contribution in [0.4, 0.5) is 10.6 Å². The standard InChI is InChI=1S/C28H45N7O5S/c1-7-39-17-23-33-24-25(35(23)18-28(4,5)34-27(36)31-19(2)3)21-13-12-20(16-22(21)32-26(24)29)40-15-11-9-8-10-14-30-41(6,37)38/h12-13,16,19,30H,7-11,14-15,17-18H2,1-6H3,(H2,29,32)(H2,31,34,36). The van der Waals surface area contributed by atoms with Gasteiger partial charge in [-0.3, -0.25) is 0 Å². The van der Waals surface area contributed by atoms with Crippen LogP contribution in [0.3, 0.4) is 0 Å². The number of nitrogens with one attached hydrogen (secondary N) is 3. The van der Waals surface area contributed by atoms with E-state index in [1.165, 1.54) is 6.26 Å². The van der Waals surface area contributed by atoms with Crippen molar-refractivity contribution in [3.05, 3.63) is 24.0 Å². The minimum atomic E-state index is -3.14. The quantitative estimate of drug-likeness (QED) is 0.183. The summed E-state index contributed by atoms with van der Waals surface area (Å²) in [6.07, 6.45) is 4.66. The van der Waals surface area contributed by atoms with Crippen LogP contribution in [0.15, 0.2) is 18.2 Å². The lowest BCUT2D eigenvalue weighted by Crippen LogP contribution is -2.52.